The van der Waals surface area contributed by atoms with Gasteiger partial charge in [-0.15, -0.1) is 0 Å². The van der Waals surface area contributed by atoms with Crippen LogP contribution in [-0.4, -0.2) is 29.9 Å². The third-order valence-corrected chi connectivity index (χ3v) is 1.97. The van der Waals surface area contributed by atoms with Crippen molar-refractivity contribution in [2.75, 3.05) is 24.6 Å². The van der Waals surface area contributed by atoms with Gasteiger partial charge >= 0.3 is 0 Å². The van der Waals surface area contributed by atoms with Crippen LogP contribution in [0.1, 0.15) is 6.92 Å². The van der Waals surface area contributed by atoms with Gasteiger partial charge in [-0.05, 0) is 19.1 Å². The molecular weight excluding hydrogens is 166 g/mol. The van der Waals surface area contributed by atoms with E-state index in [2.05, 4.69) is 0 Å². The van der Waals surface area contributed by atoms with Crippen LogP contribution in [-0.2, 0) is 0 Å². The van der Waals surface area contributed by atoms with Gasteiger partial charge in [-0.3, -0.25) is 0 Å². The second kappa shape index (κ2) is 4.72. The van der Waals surface area contributed by atoms with Gasteiger partial charge in [0.1, 0.15) is 5.75 Å². The quantitative estimate of drug-likeness (QED) is 0.733. The molecule has 3 nitrogen and oxygen atoms in total. The van der Waals surface area contributed by atoms with Crippen LogP contribution in [0.2, 0.25) is 0 Å². The van der Waals surface area contributed by atoms with E-state index in [1.165, 1.54) is 0 Å². The maximum Gasteiger partial charge on any atom is 0.138 e. The normalized spacial score (nSPS) is 10.0. The standard InChI is InChI=1S/C10H15NO2/c1-2-11(7-8-12)9-5-3-4-6-10(9)13/h3-6,12-13H,2,7-8H2,1H3. The first kappa shape index (κ1) is 9.86. The third kappa shape index (κ3) is 2.36. The van der Waals surface area contributed by atoms with Gasteiger partial charge in [0.25, 0.3) is 0 Å². The van der Waals surface area contributed by atoms with Crippen LogP contribution in [0.15, 0.2) is 24.3 Å². The van der Waals surface area contributed by atoms with E-state index >= 15 is 0 Å². The van der Waals surface area contributed by atoms with Gasteiger partial charge in [-0.2, -0.15) is 0 Å². The van der Waals surface area contributed by atoms with Crippen molar-refractivity contribution in [2.45, 2.75) is 6.92 Å². The predicted octanol–water partition coefficient (Wildman–Crippen LogP) is 1.21. The van der Waals surface area contributed by atoms with E-state index in [0.717, 1.165) is 12.2 Å². The van der Waals surface area contributed by atoms with E-state index < -0.39 is 0 Å². The molecule has 1 rings (SSSR count). The monoisotopic (exact) mass is 181 g/mol. The van der Waals surface area contributed by atoms with Crippen LogP contribution in [0.4, 0.5) is 5.69 Å². The van der Waals surface area contributed by atoms with Crippen molar-refractivity contribution in [3.8, 4) is 5.75 Å². The Bertz CT molecular complexity index is 263. The molecule has 0 fully saturated rings. The van der Waals surface area contributed by atoms with Crippen LogP contribution in [0.3, 0.4) is 0 Å². The summed E-state index contributed by atoms with van der Waals surface area (Å²) in [7, 11) is 0. The highest BCUT2D eigenvalue weighted by atomic mass is 16.3. The SMILES string of the molecule is CCN(CCO)c1ccccc1O. The van der Waals surface area contributed by atoms with Gasteiger partial charge in [0.15, 0.2) is 0 Å². The smallest absolute Gasteiger partial charge is 0.138 e. The molecule has 0 bridgehead atoms. The summed E-state index contributed by atoms with van der Waals surface area (Å²) in [4.78, 5) is 1.93. The second-order valence-electron chi connectivity index (χ2n) is 2.79. The lowest BCUT2D eigenvalue weighted by atomic mass is 10.2. The van der Waals surface area contributed by atoms with Gasteiger partial charge in [0.05, 0.1) is 12.3 Å². The Morgan fingerprint density at radius 2 is 2.00 bits per heavy atom. The number of para-hydroxylation sites is 2. The fraction of sp³-hybridized carbons (Fsp3) is 0.400. The molecule has 3 heteroatoms. The predicted molar refractivity (Wildman–Crippen MR) is 53.1 cm³/mol. The number of likely N-dealkylation sites (N-methyl/N-ethyl adjacent to an activating group) is 1. The minimum atomic E-state index is 0.0994. The van der Waals surface area contributed by atoms with Gasteiger partial charge in [0.2, 0.25) is 0 Å². The van der Waals surface area contributed by atoms with Gasteiger partial charge in [0, 0.05) is 13.1 Å². The minimum Gasteiger partial charge on any atom is -0.506 e. The van der Waals surface area contributed by atoms with Crippen molar-refractivity contribution >= 4 is 5.69 Å². The molecule has 0 saturated carbocycles. The van der Waals surface area contributed by atoms with Crippen molar-refractivity contribution < 1.29 is 10.2 Å². The number of hydrogen-bond donors (Lipinski definition) is 2. The van der Waals surface area contributed by atoms with E-state index in [0.29, 0.717) is 6.54 Å². The average Bonchev–Trinajstić information content (AvgIpc) is 2.16. The second-order valence-corrected chi connectivity index (χ2v) is 2.79. The first-order valence-electron chi connectivity index (χ1n) is 4.43. The first-order chi connectivity index (χ1) is 6.29. The van der Waals surface area contributed by atoms with E-state index in [1.54, 1.807) is 12.1 Å². The van der Waals surface area contributed by atoms with E-state index in [4.69, 9.17) is 5.11 Å². The maximum atomic E-state index is 9.52. The third-order valence-electron chi connectivity index (χ3n) is 1.97. The van der Waals surface area contributed by atoms with Crippen LogP contribution in [0.5, 0.6) is 5.75 Å². The lowest BCUT2D eigenvalue weighted by molar-refractivity contribution is 0.302. The summed E-state index contributed by atoms with van der Waals surface area (Å²) < 4.78 is 0. The molecule has 2 N–H and O–H groups in total. The lowest BCUT2D eigenvalue weighted by Gasteiger charge is -2.22. The number of nitrogens with zero attached hydrogens (tertiary/aromatic N) is 1. The number of aliphatic hydroxyl groups excluding tert-OH is 1. The molecule has 0 aromatic heterocycles. The molecule has 0 aliphatic heterocycles. The zero-order chi connectivity index (χ0) is 9.68. The molecule has 0 unspecified atom stereocenters. The number of phenols is 1. The maximum absolute atomic E-state index is 9.52. The van der Waals surface area contributed by atoms with Gasteiger partial charge < -0.3 is 15.1 Å². The molecule has 0 aliphatic rings. The van der Waals surface area contributed by atoms with E-state index in [9.17, 15) is 5.11 Å². The number of aromatic hydroxyl groups is 1. The largest absolute Gasteiger partial charge is 0.506 e. The summed E-state index contributed by atoms with van der Waals surface area (Å²) in [5.74, 6) is 0.262. The fourth-order valence-corrected chi connectivity index (χ4v) is 1.30. The number of phenolic OH excluding ortho intramolecular Hbond substituents is 1. The Morgan fingerprint density at radius 3 is 2.54 bits per heavy atom. The highest BCUT2D eigenvalue weighted by molar-refractivity contribution is 5.57. The summed E-state index contributed by atoms with van der Waals surface area (Å²) >= 11 is 0. The van der Waals surface area contributed by atoms with Crippen molar-refractivity contribution in [3.05, 3.63) is 24.3 Å². The zero-order valence-corrected chi connectivity index (χ0v) is 7.77. The number of aliphatic hydroxyl groups is 1. The minimum absolute atomic E-state index is 0.0994. The molecule has 13 heavy (non-hydrogen) atoms. The van der Waals surface area contributed by atoms with E-state index in [-0.39, 0.29) is 12.4 Å². The molecule has 0 spiro atoms. The molecule has 72 valence electrons. The Labute approximate surface area is 78.2 Å². The number of benzene rings is 1. The summed E-state index contributed by atoms with van der Waals surface area (Å²) in [6.45, 7) is 3.41. The van der Waals surface area contributed by atoms with Crippen molar-refractivity contribution in [2.24, 2.45) is 0 Å². The fourth-order valence-electron chi connectivity index (χ4n) is 1.30. The molecular formula is C10H15NO2. The van der Waals surface area contributed by atoms with Gasteiger partial charge in [-0.25, -0.2) is 0 Å². The first-order valence-corrected chi connectivity index (χ1v) is 4.43. The van der Waals surface area contributed by atoms with Crippen LogP contribution >= 0.6 is 0 Å². The topological polar surface area (TPSA) is 43.7 Å². The summed E-state index contributed by atoms with van der Waals surface area (Å²) in [6, 6.07) is 7.14. The van der Waals surface area contributed by atoms with Crippen LogP contribution in [0.25, 0.3) is 0 Å². The average molecular weight is 181 g/mol. The Hall–Kier alpha value is -1.22. The van der Waals surface area contributed by atoms with Crippen molar-refractivity contribution in [3.63, 3.8) is 0 Å². The van der Waals surface area contributed by atoms with E-state index in [1.807, 2.05) is 24.0 Å². The Kier molecular flexibility index (Phi) is 3.58. The number of anilines is 1. The molecule has 0 saturated heterocycles. The molecule has 1 aromatic rings. The van der Waals surface area contributed by atoms with Crippen LogP contribution in [0, 0.1) is 0 Å². The summed E-state index contributed by atoms with van der Waals surface area (Å²) in [5.41, 5.74) is 0.777. The number of hydrogen-bond acceptors (Lipinski definition) is 3. The summed E-state index contributed by atoms with van der Waals surface area (Å²) in [5, 5.41) is 18.3. The Balaban J connectivity index is 2.84. The Morgan fingerprint density at radius 1 is 1.31 bits per heavy atom. The van der Waals surface area contributed by atoms with Gasteiger partial charge in [-0.1, -0.05) is 12.1 Å². The molecule has 0 radical (unpaired) electrons. The molecule has 0 aliphatic carbocycles. The van der Waals surface area contributed by atoms with Crippen molar-refractivity contribution in [1.29, 1.82) is 0 Å². The molecule has 0 amide bonds. The zero-order valence-electron chi connectivity index (χ0n) is 7.77. The van der Waals surface area contributed by atoms with Crippen LogP contribution < -0.4 is 4.90 Å². The molecule has 0 heterocycles. The number of rotatable bonds is 4. The highest BCUT2D eigenvalue weighted by Crippen LogP contribution is 2.25. The summed E-state index contributed by atoms with van der Waals surface area (Å²) in [6.07, 6.45) is 0. The molecule has 0 atom stereocenters. The van der Waals surface area contributed by atoms with Crippen molar-refractivity contribution in [1.82, 2.24) is 0 Å². The molecule has 1 aromatic carbocycles. The highest BCUT2D eigenvalue weighted by Gasteiger charge is 2.06. The lowest BCUT2D eigenvalue weighted by Crippen LogP contribution is -2.26.